The van der Waals surface area contributed by atoms with E-state index in [0.29, 0.717) is 6.04 Å². The van der Waals surface area contributed by atoms with Crippen LogP contribution in [0.2, 0.25) is 0 Å². The molecule has 1 aliphatic carbocycles. The Kier molecular flexibility index (Phi) is 6.02. The number of hydrazine groups is 1. The summed E-state index contributed by atoms with van der Waals surface area (Å²) < 4.78 is 2.16. The van der Waals surface area contributed by atoms with Crippen LogP contribution in [-0.2, 0) is 6.54 Å². The first-order valence-corrected chi connectivity index (χ1v) is 10.3. The van der Waals surface area contributed by atoms with Crippen molar-refractivity contribution >= 4 is 0 Å². The van der Waals surface area contributed by atoms with Crippen LogP contribution in [0.1, 0.15) is 44.9 Å². The molecule has 1 saturated carbocycles. The maximum atomic E-state index is 4.09. The van der Waals surface area contributed by atoms with E-state index in [1.54, 1.807) is 0 Å². The quantitative estimate of drug-likeness (QED) is 0.698. The molecule has 3 heterocycles. The van der Waals surface area contributed by atoms with Gasteiger partial charge in [-0.1, -0.05) is 0 Å². The summed E-state index contributed by atoms with van der Waals surface area (Å²) in [5.74, 6) is 0. The Morgan fingerprint density at radius 1 is 0.840 bits per heavy atom. The summed E-state index contributed by atoms with van der Waals surface area (Å²) in [7, 11) is 0. The van der Waals surface area contributed by atoms with Crippen molar-refractivity contribution in [3.63, 3.8) is 0 Å². The molecule has 3 fully saturated rings. The monoisotopic (exact) mass is 346 g/mol. The lowest BCUT2D eigenvalue weighted by Crippen LogP contribution is -2.54. The number of hydrogen-bond donors (Lipinski definition) is 2. The number of hydrogen-bond acceptors (Lipinski definition) is 5. The normalized spacial score (nSPS) is 24.8. The van der Waals surface area contributed by atoms with Gasteiger partial charge in [0.05, 0.1) is 6.33 Å². The Morgan fingerprint density at radius 3 is 2.08 bits per heavy atom. The first-order valence-electron chi connectivity index (χ1n) is 10.3. The standard InChI is InChI=1S/C19H34N6/c1(10-23-15-9-20-16-23)8-21-17-4-11-24(12-5-17)25-13-6-19(7-14-25)22-18-2-3-18/h9,15-19,21-22H,1-8,10-14H2. The first kappa shape index (κ1) is 17.5. The molecule has 0 unspecified atom stereocenters. The van der Waals surface area contributed by atoms with E-state index in [4.69, 9.17) is 0 Å². The Hall–Kier alpha value is -0.950. The van der Waals surface area contributed by atoms with Crippen molar-refractivity contribution in [2.75, 3.05) is 32.7 Å². The largest absolute Gasteiger partial charge is 0.337 e. The number of rotatable bonds is 8. The minimum Gasteiger partial charge on any atom is -0.337 e. The summed E-state index contributed by atoms with van der Waals surface area (Å²) in [4.78, 5) is 4.09. The van der Waals surface area contributed by atoms with E-state index in [9.17, 15) is 0 Å². The molecular formula is C19H34N6. The van der Waals surface area contributed by atoms with Crippen LogP contribution in [0.3, 0.4) is 0 Å². The van der Waals surface area contributed by atoms with E-state index in [1.807, 2.05) is 18.7 Å². The van der Waals surface area contributed by atoms with Crippen LogP contribution in [0.25, 0.3) is 0 Å². The van der Waals surface area contributed by atoms with E-state index >= 15 is 0 Å². The molecule has 0 radical (unpaired) electrons. The van der Waals surface area contributed by atoms with Gasteiger partial charge >= 0.3 is 0 Å². The van der Waals surface area contributed by atoms with Gasteiger partial charge in [0.15, 0.2) is 0 Å². The third-order valence-electron chi connectivity index (χ3n) is 5.98. The highest BCUT2D eigenvalue weighted by Gasteiger charge is 2.30. The van der Waals surface area contributed by atoms with Gasteiger partial charge in [0.2, 0.25) is 0 Å². The van der Waals surface area contributed by atoms with Crippen molar-refractivity contribution in [1.82, 2.24) is 30.2 Å². The first-order chi connectivity index (χ1) is 12.4. The van der Waals surface area contributed by atoms with Crippen molar-refractivity contribution in [1.29, 1.82) is 0 Å². The van der Waals surface area contributed by atoms with Gasteiger partial charge in [-0.05, 0) is 51.5 Å². The third-order valence-corrected chi connectivity index (χ3v) is 5.98. The average molecular weight is 347 g/mol. The molecule has 0 atom stereocenters. The minimum atomic E-state index is 0.702. The Labute approximate surface area is 151 Å². The maximum absolute atomic E-state index is 4.09. The topological polar surface area (TPSA) is 48.4 Å². The molecule has 0 bridgehead atoms. The lowest BCUT2D eigenvalue weighted by atomic mass is 10.0. The number of aryl methyl sites for hydroxylation is 1. The zero-order valence-electron chi connectivity index (χ0n) is 15.4. The zero-order valence-corrected chi connectivity index (χ0v) is 15.4. The van der Waals surface area contributed by atoms with Gasteiger partial charge < -0.3 is 15.2 Å². The fraction of sp³-hybridized carbons (Fsp3) is 0.842. The summed E-state index contributed by atoms with van der Waals surface area (Å²) in [6.45, 7) is 7.11. The maximum Gasteiger partial charge on any atom is 0.0945 e. The summed E-state index contributed by atoms with van der Waals surface area (Å²) in [6.07, 6.45) is 15.0. The predicted octanol–water partition coefficient (Wildman–Crippen LogP) is 1.46. The predicted molar refractivity (Wildman–Crippen MR) is 100 cm³/mol. The summed E-state index contributed by atoms with van der Waals surface area (Å²) in [6, 6.07) is 2.33. The molecule has 2 N–H and O–H groups in total. The molecule has 0 aromatic carbocycles. The van der Waals surface area contributed by atoms with E-state index in [2.05, 4.69) is 30.2 Å². The van der Waals surface area contributed by atoms with Gasteiger partial charge in [-0.3, -0.25) is 0 Å². The molecule has 2 aliphatic heterocycles. The number of imidazole rings is 1. The molecule has 0 amide bonds. The highest BCUT2D eigenvalue weighted by Crippen LogP contribution is 2.23. The Bertz CT molecular complexity index is 484. The fourth-order valence-corrected chi connectivity index (χ4v) is 4.24. The van der Waals surface area contributed by atoms with Crippen molar-refractivity contribution in [2.45, 2.75) is 69.6 Å². The molecule has 1 aromatic rings. The van der Waals surface area contributed by atoms with Crippen molar-refractivity contribution in [3.05, 3.63) is 18.7 Å². The summed E-state index contributed by atoms with van der Waals surface area (Å²) >= 11 is 0. The van der Waals surface area contributed by atoms with Crippen LogP contribution in [-0.4, -0.2) is 70.4 Å². The molecule has 3 aliphatic rings. The van der Waals surface area contributed by atoms with Crippen LogP contribution in [0.5, 0.6) is 0 Å². The molecule has 140 valence electrons. The Balaban J connectivity index is 1.08. The number of nitrogens with zero attached hydrogens (tertiary/aromatic N) is 4. The smallest absolute Gasteiger partial charge is 0.0945 e. The van der Waals surface area contributed by atoms with Gasteiger partial charge in [0, 0.05) is 63.2 Å². The second-order valence-electron chi connectivity index (χ2n) is 8.01. The van der Waals surface area contributed by atoms with Crippen LogP contribution in [0.15, 0.2) is 18.7 Å². The van der Waals surface area contributed by atoms with Crippen LogP contribution in [0.4, 0.5) is 0 Å². The molecule has 2 saturated heterocycles. The van der Waals surface area contributed by atoms with Gasteiger partial charge in [-0.2, -0.15) is 0 Å². The highest BCUT2D eigenvalue weighted by molar-refractivity contribution is 4.87. The molecule has 25 heavy (non-hydrogen) atoms. The molecule has 6 nitrogen and oxygen atoms in total. The third kappa shape index (κ3) is 5.26. The molecule has 6 heteroatoms. The fourth-order valence-electron chi connectivity index (χ4n) is 4.24. The van der Waals surface area contributed by atoms with Crippen molar-refractivity contribution < 1.29 is 0 Å². The highest BCUT2D eigenvalue weighted by atomic mass is 15.6. The van der Waals surface area contributed by atoms with Crippen molar-refractivity contribution in [3.8, 4) is 0 Å². The molecule has 1 aromatic heterocycles. The van der Waals surface area contributed by atoms with E-state index in [1.165, 1.54) is 71.1 Å². The molecule has 0 spiro atoms. The van der Waals surface area contributed by atoms with Gasteiger partial charge in [-0.15, -0.1) is 0 Å². The Morgan fingerprint density at radius 2 is 1.48 bits per heavy atom. The van der Waals surface area contributed by atoms with E-state index in [0.717, 1.165) is 25.2 Å². The van der Waals surface area contributed by atoms with Gasteiger partial charge in [-0.25, -0.2) is 15.0 Å². The average Bonchev–Trinajstić information content (AvgIpc) is 3.31. The van der Waals surface area contributed by atoms with E-state index < -0.39 is 0 Å². The second-order valence-corrected chi connectivity index (χ2v) is 8.01. The second kappa shape index (κ2) is 8.62. The lowest BCUT2D eigenvalue weighted by Gasteiger charge is -2.43. The summed E-state index contributed by atoms with van der Waals surface area (Å²) in [5.41, 5.74) is 0. The number of aromatic nitrogens is 2. The number of piperidine rings is 2. The van der Waals surface area contributed by atoms with Crippen LogP contribution >= 0.6 is 0 Å². The molecule has 4 rings (SSSR count). The lowest BCUT2D eigenvalue weighted by molar-refractivity contribution is -0.0616. The SMILES string of the molecule is c1cn(CCCNC2CCN(N3CCC(NC4CC4)CC3)CC2)cn1. The van der Waals surface area contributed by atoms with Crippen molar-refractivity contribution in [2.24, 2.45) is 0 Å². The zero-order chi connectivity index (χ0) is 16.9. The minimum absolute atomic E-state index is 0.702. The van der Waals surface area contributed by atoms with Gasteiger partial charge in [0.25, 0.3) is 0 Å². The van der Waals surface area contributed by atoms with E-state index in [-0.39, 0.29) is 0 Å². The van der Waals surface area contributed by atoms with Crippen LogP contribution in [0, 0.1) is 0 Å². The van der Waals surface area contributed by atoms with Crippen LogP contribution < -0.4 is 10.6 Å². The molecular weight excluding hydrogens is 312 g/mol. The number of nitrogens with one attached hydrogen (secondary N) is 2. The van der Waals surface area contributed by atoms with Gasteiger partial charge in [0.1, 0.15) is 0 Å². The summed E-state index contributed by atoms with van der Waals surface area (Å²) in [5, 5.41) is 12.8.